The summed E-state index contributed by atoms with van der Waals surface area (Å²) in [5.41, 5.74) is 1.59. The first-order valence-electron chi connectivity index (χ1n) is 6.25. The largest absolute Gasteiger partial charge is 0.493 e. The van der Waals surface area contributed by atoms with Crippen LogP contribution >= 0.6 is 0 Å². The van der Waals surface area contributed by atoms with E-state index in [1.165, 1.54) is 0 Å². The van der Waals surface area contributed by atoms with Crippen LogP contribution in [-0.2, 0) is 9.53 Å². The highest BCUT2D eigenvalue weighted by Crippen LogP contribution is 2.41. The second-order valence-electron chi connectivity index (χ2n) is 4.53. The summed E-state index contributed by atoms with van der Waals surface area (Å²) in [6, 6.07) is 5.48. The smallest absolute Gasteiger partial charge is 0.338 e. The van der Waals surface area contributed by atoms with Crippen LogP contribution in [0.5, 0.6) is 11.5 Å². The Morgan fingerprint density at radius 1 is 1.37 bits per heavy atom. The second kappa shape index (κ2) is 5.45. The highest BCUT2D eigenvalue weighted by atomic mass is 16.6. The van der Waals surface area contributed by atoms with E-state index in [4.69, 9.17) is 14.2 Å². The SMILES string of the molecule is C/C=C(\C)C(=O)Oc1ccc(C2OC2C)cc1OC. The van der Waals surface area contributed by atoms with Gasteiger partial charge in [-0.1, -0.05) is 12.1 Å². The molecule has 0 spiro atoms. The summed E-state index contributed by atoms with van der Waals surface area (Å²) >= 11 is 0. The first-order valence-corrected chi connectivity index (χ1v) is 6.25. The van der Waals surface area contributed by atoms with Gasteiger partial charge in [-0.2, -0.15) is 0 Å². The molecule has 4 nitrogen and oxygen atoms in total. The van der Waals surface area contributed by atoms with Gasteiger partial charge in [0.2, 0.25) is 0 Å². The molecular weight excluding hydrogens is 244 g/mol. The van der Waals surface area contributed by atoms with Crippen molar-refractivity contribution in [3.63, 3.8) is 0 Å². The Morgan fingerprint density at radius 2 is 2.05 bits per heavy atom. The molecule has 19 heavy (non-hydrogen) atoms. The zero-order chi connectivity index (χ0) is 14.0. The van der Waals surface area contributed by atoms with Gasteiger partial charge >= 0.3 is 5.97 Å². The number of ether oxygens (including phenoxy) is 3. The van der Waals surface area contributed by atoms with Gasteiger partial charge in [-0.3, -0.25) is 0 Å². The van der Waals surface area contributed by atoms with Crippen LogP contribution in [0.15, 0.2) is 29.8 Å². The highest BCUT2D eigenvalue weighted by molar-refractivity contribution is 5.89. The fourth-order valence-electron chi connectivity index (χ4n) is 1.78. The molecule has 1 heterocycles. The molecule has 1 aromatic rings. The lowest BCUT2D eigenvalue weighted by Crippen LogP contribution is -2.09. The molecule has 2 rings (SSSR count). The fourth-order valence-corrected chi connectivity index (χ4v) is 1.78. The van der Waals surface area contributed by atoms with Crippen molar-refractivity contribution in [1.82, 2.24) is 0 Å². The lowest BCUT2D eigenvalue weighted by Gasteiger charge is -2.10. The zero-order valence-electron chi connectivity index (χ0n) is 11.6. The van der Waals surface area contributed by atoms with Gasteiger partial charge in [0, 0.05) is 5.57 Å². The van der Waals surface area contributed by atoms with E-state index in [9.17, 15) is 4.79 Å². The minimum atomic E-state index is -0.371. The third kappa shape index (κ3) is 2.96. The molecule has 0 aliphatic carbocycles. The van der Waals surface area contributed by atoms with Crippen molar-refractivity contribution in [2.75, 3.05) is 7.11 Å². The molecule has 0 saturated carbocycles. The number of esters is 1. The molecular formula is C15H18O4. The Bertz CT molecular complexity index is 519. The Labute approximate surface area is 113 Å². The van der Waals surface area contributed by atoms with Gasteiger partial charge in [0.15, 0.2) is 11.5 Å². The molecule has 4 heteroatoms. The minimum Gasteiger partial charge on any atom is -0.493 e. The summed E-state index contributed by atoms with van der Waals surface area (Å²) in [6.45, 7) is 5.52. The molecule has 1 aromatic carbocycles. The fraction of sp³-hybridized carbons (Fsp3) is 0.400. The predicted molar refractivity (Wildman–Crippen MR) is 71.3 cm³/mol. The lowest BCUT2D eigenvalue weighted by atomic mass is 10.1. The number of benzene rings is 1. The average molecular weight is 262 g/mol. The zero-order valence-corrected chi connectivity index (χ0v) is 11.6. The maximum absolute atomic E-state index is 11.7. The van der Waals surface area contributed by atoms with Crippen LogP contribution in [0.25, 0.3) is 0 Å². The van der Waals surface area contributed by atoms with Crippen LogP contribution in [0.1, 0.15) is 32.4 Å². The second-order valence-corrected chi connectivity index (χ2v) is 4.53. The van der Waals surface area contributed by atoms with Gasteiger partial charge < -0.3 is 14.2 Å². The van der Waals surface area contributed by atoms with E-state index in [1.807, 2.05) is 19.1 Å². The average Bonchev–Trinajstić information content (AvgIpc) is 3.15. The number of epoxide rings is 1. The van der Waals surface area contributed by atoms with E-state index < -0.39 is 0 Å². The van der Waals surface area contributed by atoms with Crippen molar-refractivity contribution in [1.29, 1.82) is 0 Å². The first-order chi connectivity index (χ1) is 9.06. The van der Waals surface area contributed by atoms with Crippen LogP contribution in [-0.4, -0.2) is 19.2 Å². The summed E-state index contributed by atoms with van der Waals surface area (Å²) in [6.07, 6.45) is 2.07. The maximum Gasteiger partial charge on any atom is 0.338 e. The number of methoxy groups -OCH3 is 1. The summed E-state index contributed by atoms with van der Waals surface area (Å²) in [4.78, 5) is 11.7. The van der Waals surface area contributed by atoms with E-state index in [0.29, 0.717) is 17.1 Å². The summed E-state index contributed by atoms with van der Waals surface area (Å²) in [5, 5.41) is 0. The van der Waals surface area contributed by atoms with Gasteiger partial charge in [-0.15, -0.1) is 0 Å². The molecule has 1 aliphatic rings. The summed E-state index contributed by atoms with van der Waals surface area (Å²) in [5.74, 6) is 0.591. The van der Waals surface area contributed by atoms with Crippen molar-refractivity contribution in [2.24, 2.45) is 0 Å². The van der Waals surface area contributed by atoms with Crippen molar-refractivity contribution in [3.8, 4) is 11.5 Å². The van der Waals surface area contributed by atoms with Crippen LogP contribution in [0.4, 0.5) is 0 Å². The van der Waals surface area contributed by atoms with E-state index >= 15 is 0 Å². The third-order valence-corrected chi connectivity index (χ3v) is 3.18. The van der Waals surface area contributed by atoms with Crippen molar-refractivity contribution >= 4 is 5.97 Å². The molecule has 0 bridgehead atoms. The van der Waals surface area contributed by atoms with Crippen molar-refractivity contribution in [3.05, 3.63) is 35.4 Å². The highest BCUT2D eigenvalue weighted by Gasteiger charge is 2.36. The third-order valence-electron chi connectivity index (χ3n) is 3.18. The molecule has 2 unspecified atom stereocenters. The molecule has 0 N–H and O–H groups in total. The number of hydrogen-bond acceptors (Lipinski definition) is 4. The number of hydrogen-bond donors (Lipinski definition) is 0. The van der Waals surface area contributed by atoms with E-state index in [1.54, 1.807) is 33.1 Å². The number of rotatable bonds is 4. The summed E-state index contributed by atoms with van der Waals surface area (Å²) < 4.78 is 16.0. The van der Waals surface area contributed by atoms with E-state index in [-0.39, 0.29) is 18.2 Å². The van der Waals surface area contributed by atoms with Crippen LogP contribution < -0.4 is 9.47 Å². The minimum absolute atomic E-state index is 0.121. The topological polar surface area (TPSA) is 48.1 Å². The standard InChI is InChI=1S/C15H18O4/c1-5-9(2)15(16)19-12-7-6-11(8-13(12)17-4)14-10(3)18-14/h5-8,10,14H,1-4H3/b9-5+. The van der Waals surface area contributed by atoms with E-state index in [2.05, 4.69) is 0 Å². The van der Waals surface area contributed by atoms with E-state index in [0.717, 1.165) is 5.56 Å². The molecule has 102 valence electrons. The first kappa shape index (κ1) is 13.6. The van der Waals surface area contributed by atoms with Gasteiger partial charge in [-0.05, 0) is 38.5 Å². The van der Waals surface area contributed by atoms with Crippen LogP contribution in [0.3, 0.4) is 0 Å². The molecule has 1 fully saturated rings. The molecule has 0 aromatic heterocycles. The van der Waals surface area contributed by atoms with Gasteiger partial charge in [0.1, 0.15) is 6.10 Å². The Balaban J connectivity index is 2.19. The molecule has 2 atom stereocenters. The Hall–Kier alpha value is -1.81. The monoisotopic (exact) mass is 262 g/mol. The number of allylic oxidation sites excluding steroid dienone is 1. The normalized spacial score (nSPS) is 22.0. The number of carbonyl (C=O) groups excluding carboxylic acids is 1. The van der Waals surface area contributed by atoms with Crippen LogP contribution in [0, 0.1) is 0 Å². The van der Waals surface area contributed by atoms with Crippen LogP contribution in [0.2, 0.25) is 0 Å². The van der Waals surface area contributed by atoms with Gasteiger partial charge in [-0.25, -0.2) is 4.79 Å². The lowest BCUT2D eigenvalue weighted by molar-refractivity contribution is -0.130. The summed E-state index contributed by atoms with van der Waals surface area (Å²) in [7, 11) is 1.55. The van der Waals surface area contributed by atoms with Gasteiger partial charge in [0.25, 0.3) is 0 Å². The maximum atomic E-state index is 11.7. The van der Waals surface area contributed by atoms with Gasteiger partial charge in [0.05, 0.1) is 13.2 Å². The quantitative estimate of drug-likeness (QED) is 0.362. The molecule has 0 radical (unpaired) electrons. The Morgan fingerprint density at radius 3 is 2.58 bits per heavy atom. The molecule has 1 saturated heterocycles. The Kier molecular flexibility index (Phi) is 3.90. The predicted octanol–water partition coefficient (Wildman–Crippen LogP) is 3.03. The van der Waals surface area contributed by atoms with Crippen molar-refractivity contribution < 1.29 is 19.0 Å². The molecule has 0 amide bonds. The number of carbonyl (C=O) groups is 1. The molecule has 1 aliphatic heterocycles. The van der Waals surface area contributed by atoms with Crippen molar-refractivity contribution in [2.45, 2.75) is 33.0 Å².